The Hall–Kier alpha value is -1.63. The molecular weight excluding hydrogens is 236 g/mol. The lowest BCUT2D eigenvalue weighted by Gasteiger charge is -2.05. The van der Waals surface area contributed by atoms with E-state index in [0.29, 0.717) is 17.0 Å². The normalized spacial score (nSPS) is 11.0. The fraction of sp³-hybridized carbons (Fsp3) is 0.400. The van der Waals surface area contributed by atoms with Crippen molar-refractivity contribution in [3.05, 3.63) is 18.5 Å². The maximum atomic E-state index is 5.66. The van der Waals surface area contributed by atoms with Crippen LogP contribution in [0.2, 0.25) is 0 Å². The molecule has 0 aliphatic rings. The van der Waals surface area contributed by atoms with Crippen molar-refractivity contribution in [3.8, 4) is 5.95 Å². The summed E-state index contributed by atoms with van der Waals surface area (Å²) in [5, 5.41) is 4.70. The molecule has 6 nitrogen and oxygen atoms in total. The fourth-order valence-electron chi connectivity index (χ4n) is 1.16. The molecule has 0 fully saturated rings. The SMILES string of the molecule is CC(C)CSc1nc(N)nc(-n2cccn2)n1. The van der Waals surface area contributed by atoms with E-state index in [-0.39, 0.29) is 5.95 Å². The van der Waals surface area contributed by atoms with Crippen molar-refractivity contribution < 1.29 is 0 Å². The van der Waals surface area contributed by atoms with E-state index in [1.807, 2.05) is 0 Å². The lowest BCUT2D eigenvalue weighted by molar-refractivity contribution is 0.740. The summed E-state index contributed by atoms with van der Waals surface area (Å²) in [6, 6.07) is 1.81. The molecule has 2 aromatic rings. The first-order valence-electron chi connectivity index (χ1n) is 5.29. The number of hydrogen-bond acceptors (Lipinski definition) is 6. The summed E-state index contributed by atoms with van der Waals surface area (Å²) in [4.78, 5) is 12.4. The van der Waals surface area contributed by atoms with Crippen molar-refractivity contribution in [1.82, 2.24) is 24.7 Å². The van der Waals surface area contributed by atoms with Crippen LogP contribution in [-0.4, -0.2) is 30.5 Å². The standard InChI is InChI=1S/C10H14N6S/c1-7(2)6-17-10-14-8(11)13-9(15-10)16-5-3-4-12-16/h3-5,7H,6H2,1-2H3,(H2,11,13,14,15). The van der Waals surface area contributed by atoms with E-state index in [9.17, 15) is 0 Å². The number of nitrogens with two attached hydrogens (primary N) is 1. The van der Waals surface area contributed by atoms with Crippen LogP contribution in [0.3, 0.4) is 0 Å². The maximum absolute atomic E-state index is 5.66. The molecule has 90 valence electrons. The van der Waals surface area contributed by atoms with Crippen LogP contribution in [-0.2, 0) is 0 Å². The highest BCUT2D eigenvalue weighted by Gasteiger charge is 2.07. The molecule has 7 heteroatoms. The zero-order valence-corrected chi connectivity index (χ0v) is 10.6. The zero-order valence-electron chi connectivity index (χ0n) is 9.74. The first-order valence-corrected chi connectivity index (χ1v) is 6.28. The van der Waals surface area contributed by atoms with Gasteiger partial charge in [-0.2, -0.15) is 20.1 Å². The molecule has 2 N–H and O–H groups in total. The van der Waals surface area contributed by atoms with E-state index < -0.39 is 0 Å². The predicted octanol–water partition coefficient (Wildman–Crippen LogP) is 1.39. The Morgan fingerprint density at radius 2 is 2.18 bits per heavy atom. The van der Waals surface area contributed by atoms with Gasteiger partial charge in [-0.15, -0.1) is 0 Å². The predicted molar refractivity (Wildman–Crippen MR) is 66.9 cm³/mol. The minimum atomic E-state index is 0.219. The zero-order chi connectivity index (χ0) is 12.3. The monoisotopic (exact) mass is 250 g/mol. The van der Waals surface area contributed by atoms with Crippen LogP contribution in [0.4, 0.5) is 5.95 Å². The van der Waals surface area contributed by atoms with Gasteiger partial charge in [0.2, 0.25) is 5.95 Å². The Kier molecular flexibility index (Phi) is 3.58. The fourth-order valence-corrected chi connectivity index (χ4v) is 1.94. The first-order chi connectivity index (χ1) is 8.15. The van der Waals surface area contributed by atoms with Crippen LogP contribution >= 0.6 is 11.8 Å². The van der Waals surface area contributed by atoms with Crippen molar-refractivity contribution in [2.24, 2.45) is 5.92 Å². The van der Waals surface area contributed by atoms with Gasteiger partial charge in [0.15, 0.2) is 5.16 Å². The van der Waals surface area contributed by atoms with Crippen LogP contribution in [0, 0.1) is 5.92 Å². The van der Waals surface area contributed by atoms with Gasteiger partial charge in [0.05, 0.1) is 0 Å². The number of rotatable bonds is 4. The van der Waals surface area contributed by atoms with Crippen molar-refractivity contribution in [2.45, 2.75) is 19.0 Å². The topological polar surface area (TPSA) is 82.5 Å². The lowest BCUT2D eigenvalue weighted by Crippen LogP contribution is -2.08. The Balaban J connectivity index is 2.24. The maximum Gasteiger partial charge on any atom is 0.256 e. The van der Waals surface area contributed by atoms with Gasteiger partial charge in [-0.3, -0.25) is 0 Å². The lowest BCUT2D eigenvalue weighted by atomic mass is 10.3. The quantitative estimate of drug-likeness (QED) is 0.826. The number of aromatic nitrogens is 5. The van der Waals surface area contributed by atoms with Gasteiger partial charge >= 0.3 is 0 Å². The molecule has 0 atom stereocenters. The van der Waals surface area contributed by atoms with E-state index in [1.54, 1.807) is 34.9 Å². The molecule has 17 heavy (non-hydrogen) atoms. The summed E-state index contributed by atoms with van der Waals surface area (Å²) < 4.78 is 1.57. The molecule has 0 aromatic carbocycles. The molecule has 0 spiro atoms. The highest BCUT2D eigenvalue weighted by Crippen LogP contribution is 2.17. The molecule has 0 bridgehead atoms. The second kappa shape index (κ2) is 5.13. The van der Waals surface area contributed by atoms with Gasteiger partial charge in [0, 0.05) is 18.1 Å². The van der Waals surface area contributed by atoms with Crippen LogP contribution in [0.25, 0.3) is 5.95 Å². The second-order valence-corrected chi connectivity index (χ2v) is 4.92. The van der Waals surface area contributed by atoms with E-state index in [4.69, 9.17) is 5.73 Å². The van der Waals surface area contributed by atoms with Gasteiger partial charge in [0.1, 0.15) is 0 Å². The first kappa shape index (κ1) is 11.8. The van der Waals surface area contributed by atoms with Crippen LogP contribution in [0.5, 0.6) is 0 Å². The molecular formula is C10H14N6S. The molecule has 2 rings (SSSR count). The molecule has 0 radical (unpaired) electrons. The molecule has 0 unspecified atom stereocenters. The summed E-state index contributed by atoms with van der Waals surface area (Å²) >= 11 is 1.57. The molecule has 0 saturated heterocycles. The summed E-state index contributed by atoms with van der Waals surface area (Å²) in [6.45, 7) is 4.29. The largest absolute Gasteiger partial charge is 0.368 e. The summed E-state index contributed by atoms with van der Waals surface area (Å²) in [7, 11) is 0. The van der Waals surface area contributed by atoms with Crippen molar-refractivity contribution in [3.63, 3.8) is 0 Å². The van der Waals surface area contributed by atoms with Gasteiger partial charge in [-0.25, -0.2) is 4.68 Å². The Labute approximate surface area is 104 Å². The highest BCUT2D eigenvalue weighted by atomic mass is 32.2. The smallest absolute Gasteiger partial charge is 0.256 e. The minimum absolute atomic E-state index is 0.219. The third-order valence-corrected chi connectivity index (χ3v) is 3.15. The molecule has 0 amide bonds. The molecule has 0 aliphatic heterocycles. The summed E-state index contributed by atoms with van der Waals surface area (Å²) in [5.41, 5.74) is 5.66. The second-order valence-electron chi connectivity index (χ2n) is 3.93. The van der Waals surface area contributed by atoms with E-state index in [1.165, 1.54) is 0 Å². The average Bonchev–Trinajstić information content (AvgIpc) is 2.79. The van der Waals surface area contributed by atoms with Gasteiger partial charge in [-0.05, 0) is 12.0 Å². The van der Waals surface area contributed by atoms with E-state index in [0.717, 1.165) is 5.75 Å². The van der Waals surface area contributed by atoms with Crippen LogP contribution < -0.4 is 5.73 Å². The third kappa shape index (κ3) is 3.16. The van der Waals surface area contributed by atoms with Crippen LogP contribution in [0.1, 0.15) is 13.8 Å². The van der Waals surface area contributed by atoms with Crippen LogP contribution in [0.15, 0.2) is 23.6 Å². The average molecular weight is 250 g/mol. The number of nitrogen functional groups attached to an aromatic ring is 1. The number of hydrogen-bond donors (Lipinski definition) is 1. The summed E-state index contributed by atoms with van der Waals surface area (Å²) in [5.74, 6) is 2.19. The number of thioether (sulfide) groups is 1. The number of anilines is 1. The summed E-state index contributed by atoms with van der Waals surface area (Å²) in [6.07, 6.45) is 3.44. The molecule has 0 saturated carbocycles. The number of nitrogens with zero attached hydrogens (tertiary/aromatic N) is 5. The molecule has 2 aromatic heterocycles. The minimum Gasteiger partial charge on any atom is -0.368 e. The van der Waals surface area contributed by atoms with Crippen molar-refractivity contribution in [1.29, 1.82) is 0 Å². The van der Waals surface area contributed by atoms with Crippen molar-refractivity contribution in [2.75, 3.05) is 11.5 Å². The molecule has 2 heterocycles. The third-order valence-electron chi connectivity index (χ3n) is 1.88. The van der Waals surface area contributed by atoms with E-state index in [2.05, 4.69) is 33.9 Å². The Morgan fingerprint density at radius 3 is 2.82 bits per heavy atom. The van der Waals surface area contributed by atoms with Gasteiger partial charge < -0.3 is 5.73 Å². The van der Waals surface area contributed by atoms with Crippen molar-refractivity contribution >= 4 is 17.7 Å². The van der Waals surface area contributed by atoms with E-state index >= 15 is 0 Å². The highest BCUT2D eigenvalue weighted by molar-refractivity contribution is 7.99. The Morgan fingerprint density at radius 1 is 1.35 bits per heavy atom. The van der Waals surface area contributed by atoms with Gasteiger partial charge in [-0.1, -0.05) is 25.6 Å². The molecule has 0 aliphatic carbocycles. The Bertz CT molecular complexity index is 482. The van der Waals surface area contributed by atoms with Gasteiger partial charge in [0.25, 0.3) is 5.95 Å².